The molecule has 0 radical (unpaired) electrons. The summed E-state index contributed by atoms with van der Waals surface area (Å²) in [6.07, 6.45) is 6.62. The van der Waals surface area contributed by atoms with E-state index >= 15 is 0 Å². The van der Waals surface area contributed by atoms with Crippen LogP contribution in [0.4, 0.5) is 0 Å². The van der Waals surface area contributed by atoms with Gasteiger partial charge in [-0.15, -0.1) is 0 Å². The zero-order valence-electron chi connectivity index (χ0n) is 8.17. The van der Waals surface area contributed by atoms with Crippen LogP contribution in [-0.2, 0) is 4.74 Å². The molecular formula is C10H20N2O. The van der Waals surface area contributed by atoms with Crippen molar-refractivity contribution in [3.05, 3.63) is 0 Å². The fourth-order valence-corrected chi connectivity index (χ4v) is 2.47. The standard InChI is InChI=1S/C10H20N2O/c11-4-1-5-13-10-6-8-2-3-9(7-10)12-8/h8-10,12H,1-7,11H2. The van der Waals surface area contributed by atoms with Gasteiger partial charge in [0.25, 0.3) is 0 Å². The molecule has 2 bridgehead atoms. The maximum Gasteiger partial charge on any atom is 0.0604 e. The maximum atomic E-state index is 5.78. The minimum Gasteiger partial charge on any atom is -0.378 e. The third-order valence-electron chi connectivity index (χ3n) is 3.13. The van der Waals surface area contributed by atoms with E-state index in [0.29, 0.717) is 6.10 Å². The van der Waals surface area contributed by atoms with Crippen LogP contribution in [0, 0.1) is 0 Å². The highest BCUT2D eigenvalue weighted by Gasteiger charge is 2.33. The van der Waals surface area contributed by atoms with Gasteiger partial charge in [-0.05, 0) is 38.6 Å². The van der Waals surface area contributed by atoms with Crippen LogP contribution < -0.4 is 11.1 Å². The van der Waals surface area contributed by atoms with Gasteiger partial charge in [0.1, 0.15) is 0 Å². The van der Waals surface area contributed by atoms with Gasteiger partial charge in [-0.25, -0.2) is 0 Å². The second kappa shape index (κ2) is 4.40. The van der Waals surface area contributed by atoms with Crippen LogP contribution in [0.25, 0.3) is 0 Å². The molecule has 3 nitrogen and oxygen atoms in total. The molecule has 3 N–H and O–H groups in total. The molecule has 2 aliphatic heterocycles. The zero-order valence-corrected chi connectivity index (χ0v) is 8.17. The van der Waals surface area contributed by atoms with Gasteiger partial charge in [0.15, 0.2) is 0 Å². The molecule has 2 heterocycles. The molecule has 13 heavy (non-hydrogen) atoms. The van der Waals surface area contributed by atoms with Gasteiger partial charge in [-0.3, -0.25) is 0 Å². The van der Waals surface area contributed by atoms with Gasteiger partial charge < -0.3 is 15.8 Å². The fraction of sp³-hybridized carbons (Fsp3) is 1.00. The molecule has 0 saturated carbocycles. The molecule has 0 aromatic rings. The van der Waals surface area contributed by atoms with E-state index in [9.17, 15) is 0 Å². The highest BCUT2D eigenvalue weighted by Crippen LogP contribution is 2.28. The van der Waals surface area contributed by atoms with Gasteiger partial charge in [0, 0.05) is 18.7 Å². The Labute approximate surface area is 80.0 Å². The molecular weight excluding hydrogens is 164 g/mol. The van der Waals surface area contributed by atoms with Crippen molar-refractivity contribution in [1.82, 2.24) is 5.32 Å². The third-order valence-corrected chi connectivity index (χ3v) is 3.13. The molecule has 0 aliphatic carbocycles. The molecule has 2 unspecified atom stereocenters. The lowest BCUT2D eigenvalue weighted by atomic mass is 10.0. The van der Waals surface area contributed by atoms with Gasteiger partial charge in [-0.1, -0.05) is 0 Å². The molecule has 0 spiro atoms. The summed E-state index contributed by atoms with van der Waals surface area (Å²) in [6.45, 7) is 1.60. The Kier molecular flexibility index (Phi) is 3.19. The summed E-state index contributed by atoms with van der Waals surface area (Å²) >= 11 is 0. The smallest absolute Gasteiger partial charge is 0.0604 e. The highest BCUT2D eigenvalue weighted by atomic mass is 16.5. The van der Waals surface area contributed by atoms with E-state index in [2.05, 4.69) is 5.32 Å². The second-order valence-electron chi connectivity index (χ2n) is 4.24. The molecule has 0 aromatic heterocycles. The Morgan fingerprint density at radius 3 is 2.54 bits per heavy atom. The summed E-state index contributed by atoms with van der Waals surface area (Å²) in [5, 5.41) is 3.61. The number of nitrogens with two attached hydrogens (primary N) is 1. The number of rotatable bonds is 4. The minimum absolute atomic E-state index is 0.505. The minimum atomic E-state index is 0.505. The van der Waals surface area contributed by atoms with Gasteiger partial charge in [0.05, 0.1) is 6.10 Å². The lowest BCUT2D eigenvalue weighted by Gasteiger charge is -2.29. The van der Waals surface area contributed by atoms with Gasteiger partial charge in [0.2, 0.25) is 0 Å². The summed E-state index contributed by atoms with van der Waals surface area (Å²) < 4.78 is 5.78. The monoisotopic (exact) mass is 184 g/mol. The van der Waals surface area contributed by atoms with Crippen LogP contribution in [0.2, 0.25) is 0 Å². The topological polar surface area (TPSA) is 47.3 Å². The number of hydrogen-bond donors (Lipinski definition) is 2. The van der Waals surface area contributed by atoms with Crippen LogP contribution in [0.15, 0.2) is 0 Å². The Hall–Kier alpha value is -0.120. The maximum absolute atomic E-state index is 5.78. The molecule has 2 atom stereocenters. The predicted octanol–water partition coefficient (Wildman–Crippen LogP) is 0.635. The van der Waals surface area contributed by atoms with E-state index in [0.717, 1.165) is 31.7 Å². The fourth-order valence-electron chi connectivity index (χ4n) is 2.47. The SMILES string of the molecule is NCCCOC1CC2CCC(C1)N2. The van der Waals surface area contributed by atoms with Crippen molar-refractivity contribution in [2.45, 2.75) is 50.3 Å². The van der Waals surface area contributed by atoms with Crippen molar-refractivity contribution >= 4 is 0 Å². The van der Waals surface area contributed by atoms with E-state index in [4.69, 9.17) is 10.5 Å². The lowest BCUT2D eigenvalue weighted by Crippen LogP contribution is -2.41. The van der Waals surface area contributed by atoms with Crippen molar-refractivity contribution in [3.8, 4) is 0 Å². The Morgan fingerprint density at radius 2 is 1.92 bits per heavy atom. The van der Waals surface area contributed by atoms with Crippen LogP contribution in [-0.4, -0.2) is 31.3 Å². The highest BCUT2D eigenvalue weighted by molar-refractivity contribution is 4.92. The molecule has 3 heteroatoms. The van der Waals surface area contributed by atoms with Crippen molar-refractivity contribution in [2.75, 3.05) is 13.2 Å². The Bertz CT molecular complexity index is 151. The average molecular weight is 184 g/mol. The summed E-state index contributed by atoms with van der Waals surface area (Å²) in [5.41, 5.74) is 5.42. The van der Waals surface area contributed by atoms with E-state index < -0.39 is 0 Å². The zero-order chi connectivity index (χ0) is 9.10. The summed E-state index contributed by atoms with van der Waals surface area (Å²) in [5.74, 6) is 0. The Balaban J connectivity index is 1.69. The molecule has 76 valence electrons. The molecule has 0 amide bonds. The number of piperidine rings is 1. The third kappa shape index (κ3) is 2.42. The number of ether oxygens (including phenoxy) is 1. The molecule has 0 aromatic carbocycles. The van der Waals surface area contributed by atoms with Crippen molar-refractivity contribution < 1.29 is 4.74 Å². The quantitative estimate of drug-likeness (QED) is 0.630. The number of hydrogen-bond acceptors (Lipinski definition) is 3. The van der Waals surface area contributed by atoms with Crippen molar-refractivity contribution in [1.29, 1.82) is 0 Å². The first kappa shape index (κ1) is 9.44. The Morgan fingerprint density at radius 1 is 1.23 bits per heavy atom. The van der Waals surface area contributed by atoms with Crippen LogP contribution in [0.3, 0.4) is 0 Å². The largest absolute Gasteiger partial charge is 0.378 e. The molecule has 2 aliphatic rings. The van der Waals surface area contributed by atoms with Crippen LogP contribution in [0.1, 0.15) is 32.1 Å². The van der Waals surface area contributed by atoms with Crippen LogP contribution in [0.5, 0.6) is 0 Å². The van der Waals surface area contributed by atoms with Gasteiger partial charge >= 0.3 is 0 Å². The first-order valence-corrected chi connectivity index (χ1v) is 5.46. The lowest BCUT2D eigenvalue weighted by molar-refractivity contribution is 0.0200. The van der Waals surface area contributed by atoms with E-state index in [1.807, 2.05) is 0 Å². The van der Waals surface area contributed by atoms with Crippen molar-refractivity contribution in [2.24, 2.45) is 5.73 Å². The summed E-state index contributed by atoms with van der Waals surface area (Å²) in [6, 6.07) is 1.48. The number of fused-ring (bicyclic) bond motifs is 2. The van der Waals surface area contributed by atoms with E-state index in [1.54, 1.807) is 0 Å². The van der Waals surface area contributed by atoms with Gasteiger partial charge in [-0.2, -0.15) is 0 Å². The second-order valence-corrected chi connectivity index (χ2v) is 4.24. The number of nitrogens with one attached hydrogen (secondary N) is 1. The first-order chi connectivity index (χ1) is 6.38. The molecule has 2 fully saturated rings. The van der Waals surface area contributed by atoms with Crippen LogP contribution >= 0.6 is 0 Å². The average Bonchev–Trinajstić information content (AvgIpc) is 2.46. The summed E-state index contributed by atoms with van der Waals surface area (Å²) in [4.78, 5) is 0. The summed E-state index contributed by atoms with van der Waals surface area (Å²) in [7, 11) is 0. The molecule has 2 saturated heterocycles. The van der Waals surface area contributed by atoms with E-state index in [-0.39, 0.29) is 0 Å². The predicted molar refractivity (Wildman–Crippen MR) is 52.6 cm³/mol. The van der Waals surface area contributed by atoms with E-state index in [1.165, 1.54) is 25.7 Å². The normalized spacial score (nSPS) is 38.1. The molecule has 2 rings (SSSR count). The van der Waals surface area contributed by atoms with Crippen molar-refractivity contribution in [3.63, 3.8) is 0 Å². The first-order valence-electron chi connectivity index (χ1n) is 5.46.